The smallest absolute Gasteiger partial charge is 0.337 e. The molecule has 1 aromatic heterocycles. The second kappa shape index (κ2) is 9.12. The summed E-state index contributed by atoms with van der Waals surface area (Å²) < 4.78 is 12.0. The van der Waals surface area contributed by atoms with Gasteiger partial charge >= 0.3 is 11.7 Å². The summed E-state index contributed by atoms with van der Waals surface area (Å²) in [6.45, 7) is 7.90. The van der Waals surface area contributed by atoms with Crippen LogP contribution in [0.4, 0.5) is 5.69 Å². The highest BCUT2D eigenvalue weighted by molar-refractivity contribution is 6.10. The fourth-order valence-corrected chi connectivity index (χ4v) is 5.13. The molecule has 0 spiro atoms. The molecule has 3 aromatic carbocycles. The zero-order chi connectivity index (χ0) is 26.5. The summed E-state index contributed by atoms with van der Waals surface area (Å²) in [4.78, 5) is 35.4. The number of aliphatic carboxylic acids is 1. The lowest BCUT2D eigenvalue weighted by atomic mass is 9.85. The van der Waals surface area contributed by atoms with Crippen LogP contribution < -0.4 is 4.74 Å². The van der Waals surface area contributed by atoms with Crippen molar-refractivity contribution in [1.82, 2.24) is 4.98 Å². The van der Waals surface area contributed by atoms with E-state index >= 15 is 0 Å². The van der Waals surface area contributed by atoms with Crippen molar-refractivity contribution in [1.29, 1.82) is 0 Å². The normalized spacial score (nSPS) is 13.9. The fourth-order valence-electron chi connectivity index (χ4n) is 5.13. The molecule has 0 bridgehead atoms. The van der Waals surface area contributed by atoms with E-state index in [1.807, 2.05) is 58.0 Å². The topological polar surface area (TPSA) is 98.0 Å². The molecule has 0 amide bonds. The van der Waals surface area contributed by atoms with E-state index in [0.717, 1.165) is 28.7 Å². The molecule has 1 N–H and O–H groups in total. The average Bonchev–Trinajstić information content (AvgIpc) is 2.86. The van der Waals surface area contributed by atoms with Gasteiger partial charge in [-0.15, -0.1) is 0 Å². The molecule has 0 saturated carbocycles. The first-order valence-corrected chi connectivity index (χ1v) is 12.1. The van der Waals surface area contributed by atoms with E-state index in [-0.39, 0.29) is 0 Å². The molecule has 1 aliphatic rings. The zero-order valence-corrected chi connectivity index (χ0v) is 21.5. The third-order valence-electron chi connectivity index (χ3n) is 6.57. The van der Waals surface area contributed by atoms with Crippen molar-refractivity contribution in [3.63, 3.8) is 0 Å². The van der Waals surface area contributed by atoms with Gasteiger partial charge in [0.1, 0.15) is 5.75 Å². The minimum atomic E-state index is -1.25. The van der Waals surface area contributed by atoms with Gasteiger partial charge < -0.3 is 14.6 Å². The Morgan fingerprint density at radius 2 is 1.95 bits per heavy atom. The van der Waals surface area contributed by atoms with Gasteiger partial charge in [-0.3, -0.25) is 4.98 Å². The summed E-state index contributed by atoms with van der Waals surface area (Å²) in [5.41, 5.74) is 4.01. The number of carbonyl (C=O) groups is 1. The molecule has 0 saturated heterocycles. The number of aryl methyl sites for hydroxylation is 1. The number of benzene rings is 3. The van der Waals surface area contributed by atoms with Crippen molar-refractivity contribution >= 4 is 33.3 Å². The van der Waals surface area contributed by atoms with Gasteiger partial charge in [0.05, 0.1) is 28.0 Å². The van der Waals surface area contributed by atoms with E-state index in [4.69, 9.17) is 19.3 Å². The number of carboxylic acids is 1. The summed E-state index contributed by atoms with van der Waals surface area (Å²) in [7, 11) is 1.31. The lowest BCUT2D eigenvalue weighted by molar-refractivity contribution is -0.735. The van der Waals surface area contributed by atoms with Crippen molar-refractivity contribution < 1.29 is 29.1 Å². The van der Waals surface area contributed by atoms with Crippen LogP contribution in [0.2, 0.25) is 0 Å². The first-order valence-electron chi connectivity index (χ1n) is 12.1. The molecule has 0 radical (unpaired) electrons. The largest absolute Gasteiger partial charge is 0.493 e. The van der Waals surface area contributed by atoms with Crippen LogP contribution in [0.5, 0.6) is 5.75 Å². The Morgan fingerprint density at radius 3 is 2.65 bits per heavy atom. The number of pyridine rings is 1. The maximum Gasteiger partial charge on any atom is 0.337 e. The number of hydrogen-bond donors (Lipinski definition) is 1. The van der Waals surface area contributed by atoms with Crippen LogP contribution in [-0.2, 0) is 20.8 Å². The van der Waals surface area contributed by atoms with Crippen molar-refractivity contribution in [2.24, 2.45) is 0 Å². The third-order valence-corrected chi connectivity index (χ3v) is 6.57. The van der Waals surface area contributed by atoms with Crippen molar-refractivity contribution in [3.8, 4) is 16.9 Å². The maximum absolute atomic E-state index is 12.7. The molecule has 1 unspecified atom stereocenters. The van der Waals surface area contributed by atoms with Crippen LogP contribution in [0, 0.1) is 11.8 Å². The van der Waals surface area contributed by atoms with Gasteiger partial charge in [-0.25, -0.2) is 9.63 Å². The molecule has 0 fully saturated rings. The fraction of sp³-hybridized carbons (Fsp3) is 0.310. The Morgan fingerprint density at radius 1 is 1.16 bits per heavy atom. The number of fused-ring (bicyclic) bond motifs is 1. The Balaban J connectivity index is 1.94. The van der Waals surface area contributed by atoms with Crippen molar-refractivity contribution in [3.05, 3.63) is 70.3 Å². The molecule has 37 heavy (non-hydrogen) atoms. The van der Waals surface area contributed by atoms with Crippen molar-refractivity contribution in [2.45, 2.75) is 45.8 Å². The maximum atomic E-state index is 12.7. The Kier molecular flexibility index (Phi) is 6.07. The Bertz CT molecular complexity index is 1560. The molecule has 2 heterocycles. The number of aromatic nitrogens is 1. The lowest BCUT2D eigenvalue weighted by Gasteiger charge is -2.29. The number of hydrogen-bond acceptors (Lipinski definition) is 6. The molecule has 190 valence electrons. The van der Waals surface area contributed by atoms with E-state index in [2.05, 4.69) is 0 Å². The summed E-state index contributed by atoms with van der Waals surface area (Å²) in [5.74, 6) is -0.353. The minimum absolute atomic E-state index is 0.318. The monoisotopic (exact) mass is 501 g/mol. The van der Waals surface area contributed by atoms with E-state index in [1.165, 1.54) is 7.11 Å². The van der Waals surface area contributed by atoms with Gasteiger partial charge in [0.2, 0.25) is 0 Å². The zero-order valence-electron chi connectivity index (χ0n) is 21.5. The van der Waals surface area contributed by atoms with Gasteiger partial charge in [-0.05, 0) is 74.0 Å². The lowest BCUT2D eigenvalue weighted by Crippen LogP contribution is -2.28. The second-order valence-electron chi connectivity index (χ2n) is 10.1. The number of ether oxygens (including phenoxy) is 2. The SMILES string of the molecule is CO[N+](=O)c1cccc2c(-c3ccc4c5c(ccnc35)CCO4)c(C(OC(C)(C)C)C(=O)O)c(C)cc12. The first-order chi connectivity index (χ1) is 17.6. The Labute approximate surface area is 214 Å². The molecule has 1 atom stereocenters. The summed E-state index contributed by atoms with van der Waals surface area (Å²) in [6.07, 6.45) is 1.27. The molecule has 0 aliphatic carbocycles. The van der Waals surface area contributed by atoms with E-state index in [0.29, 0.717) is 50.2 Å². The highest BCUT2D eigenvalue weighted by Crippen LogP contribution is 2.46. The standard InChI is InChI=1S/C29H28N2O6/c1-16-15-20-18(7-6-8-21(20)31(34)35-5)25(23(16)27(28(32)33)37-29(2,3)4)19-9-10-22-24-17(12-14-36-22)11-13-30-26(19)24/h6-11,13,15,27H,12,14H2,1-5H3/p+1. The summed E-state index contributed by atoms with van der Waals surface area (Å²) >= 11 is 0. The summed E-state index contributed by atoms with van der Waals surface area (Å²) in [6, 6.07) is 12.9. The number of carboxylic acid groups (broad SMARTS) is 1. The predicted molar refractivity (Wildman–Crippen MR) is 140 cm³/mol. The highest BCUT2D eigenvalue weighted by Gasteiger charge is 2.34. The van der Waals surface area contributed by atoms with Crippen LogP contribution in [0.15, 0.2) is 48.7 Å². The highest BCUT2D eigenvalue weighted by atomic mass is 16.8. The molecule has 1 aliphatic heterocycles. The average molecular weight is 502 g/mol. The molecule has 8 nitrogen and oxygen atoms in total. The molecule has 8 heteroatoms. The second-order valence-corrected chi connectivity index (χ2v) is 10.1. The van der Waals surface area contributed by atoms with Gasteiger partial charge in [0, 0.05) is 35.2 Å². The first kappa shape index (κ1) is 24.6. The molecular weight excluding hydrogens is 472 g/mol. The van der Waals surface area contributed by atoms with Gasteiger partial charge in [0.15, 0.2) is 13.2 Å². The van der Waals surface area contributed by atoms with Crippen LogP contribution in [0.25, 0.3) is 32.8 Å². The molecule has 5 rings (SSSR count). The molecular formula is C29H29N2O6+. The quantitative estimate of drug-likeness (QED) is 0.314. The van der Waals surface area contributed by atoms with Gasteiger partial charge in [-0.1, -0.05) is 12.1 Å². The van der Waals surface area contributed by atoms with Crippen LogP contribution >= 0.6 is 0 Å². The van der Waals surface area contributed by atoms with Crippen LogP contribution in [0.3, 0.4) is 0 Å². The van der Waals surface area contributed by atoms with Crippen molar-refractivity contribution in [2.75, 3.05) is 13.7 Å². The van der Waals surface area contributed by atoms with E-state index in [1.54, 1.807) is 18.3 Å². The van der Waals surface area contributed by atoms with Gasteiger partial charge in [0.25, 0.3) is 4.92 Å². The summed E-state index contributed by atoms with van der Waals surface area (Å²) in [5, 5.41) is 12.6. The Hall–Kier alpha value is -4.04. The van der Waals surface area contributed by atoms with E-state index < -0.39 is 17.7 Å². The third kappa shape index (κ3) is 4.27. The predicted octanol–water partition coefficient (Wildman–Crippen LogP) is 6.21. The van der Waals surface area contributed by atoms with E-state index in [9.17, 15) is 14.8 Å². The van der Waals surface area contributed by atoms with Crippen LogP contribution in [-0.4, -0.2) is 40.3 Å². The molecule has 4 aromatic rings. The van der Waals surface area contributed by atoms with Crippen LogP contribution in [0.1, 0.15) is 43.6 Å². The minimum Gasteiger partial charge on any atom is -0.493 e. The number of nitrogens with zero attached hydrogens (tertiary/aromatic N) is 2. The van der Waals surface area contributed by atoms with Gasteiger partial charge in [-0.2, -0.15) is 0 Å². The number of rotatable bonds is 6.